The molecule has 2 aromatic carbocycles. The van der Waals surface area contributed by atoms with Crippen molar-refractivity contribution in [2.45, 2.75) is 46.0 Å². The fourth-order valence-corrected chi connectivity index (χ4v) is 3.49. The highest BCUT2D eigenvalue weighted by Gasteiger charge is 2.18. The van der Waals surface area contributed by atoms with Gasteiger partial charge in [-0.1, -0.05) is 73.2 Å². The summed E-state index contributed by atoms with van der Waals surface area (Å²) in [6, 6.07) is 19.7. The van der Waals surface area contributed by atoms with Gasteiger partial charge >= 0.3 is 0 Å². The minimum Gasteiger partial charge on any atom is -0.315 e. The Labute approximate surface area is 158 Å². The van der Waals surface area contributed by atoms with Crippen molar-refractivity contribution in [3.05, 3.63) is 101 Å². The summed E-state index contributed by atoms with van der Waals surface area (Å²) in [6.07, 6.45) is 12.4. The van der Waals surface area contributed by atoms with Crippen LogP contribution < -0.4 is 4.90 Å². The largest absolute Gasteiger partial charge is 0.315 e. The molecule has 2 aromatic rings. The highest BCUT2D eigenvalue weighted by atomic mass is 15.2. The molecule has 0 radical (unpaired) electrons. The number of nitrogens with zero attached hydrogens (tertiary/aromatic N) is 1. The van der Waals surface area contributed by atoms with E-state index in [1.807, 2.05) is 0 Å². The van der Waals surface area contributed by atoms with Gasteiger partial charge < -0.3 is 4.90 Å². The zero-order valence-corrected chi connectivity index (χ0v) is 16.2. The van der Waals surface area contributed by atoms with E-state index >= 15 is 0 Å². The fraction of sp³-hybridized carbons (Fsp3) is 0.280. The van der Waals surface area contributed by atoms with E-state index in [1.165, 1.54) is 28.2 Å². The molecular formula is C25H29N. The number of benzene rings is 2. The summed E-state index contributed by atoms with van der Waals surface area (Å²) in [4.78, 5) is 2.42. The molecular weight excluding hydrogens is 314 g/mol. The van der Waals surface area contributed by atoms with Gasteiger partial charge in [0.1, 0.15) is 0 Å². The van der Waals surface area contributed by atoms with E-state index in [0.29, 0.717) is 5.92 Å². The summed E-state index contributed by atoms with van der Waals surface area (Å²) < 4.78 is 0. The second kappa shape index (κ2) is 8.71. The van der Waals surface area contributed by atoms with E-state index < -0.39 is 0 Å². The van der Waals surface area contributed by atoms with Crippen LogP contribution in [0.3, 0.4) is 0 Å². The van der Waals surface area contributed by atoms with E-state index in [9.17, 15) is 0 Å². The highest BCUT2D eigenvalue weighted by Crippen LogP contribution is 2.33. The molecule has 1 atom stereocenters. The molecule has 0 N–H and O–H groups in total. The number of para-hydroxylation sites is 1. The predicted molar refractivity (Wildman–Crippen MR) is 113 cm³/mol. The average Bonchev–Trinajstić information content (AvgIpc) is 2.69. The summed E-state index contributed by atoms with van der Waals surface area (Å²) in [5, 5.41) is 0. The smallest absolute Gasteiger partial charge is 0.0458 e. The van der Waals surface area contributed by atoms with Crippen LogP contribution in [-0.4, -0.2) is 0 Å². The van der Waals surface area contributed by atoms with E-state index in [1.54, 1.807) is 0 Å². The van der Waals surface area contributed by atoms with Crippen molar-refractivity contribution in [2.24, 2.45) is 0 Å². The van der Waals surface area contributed by atoms with Crippen LogP contribution in [0, 0.1) is 6.92 Å². The first-order valence-corrected chi connectivity index (χ1v) is 9.62. The topological polar surface area (TPSA) is 3.24 Å². The molecule has 1 heteroatoms. The maximum atomic E-state index is 2.42. The lowest BCUT2D eigenvalue weighted by Gasteiger charge is -2.31. The summed E-state index contributed by atoms with van der Waals surface area (Å²) >= 11 is 0. The number of anilines is 1. The van der Waals surface area contributed by atoms with E-state index in [4.69, 9.17) is 0 Å². The average molecular weight is 344 g/mol. The molecule has 1 unspecified atom stereocenters. The third-order valence-electron chi connectivity index (χ3n) is 5.03. The van der Waals surface area contributed by atoms with Gasteiger partial charge in [-0.15, -0.1) is 0 Å². The zero-order valence-electron chi connectivity index (χ0n) is 16.2. The van der Waals surface area contributed by atoms with Crippen LogP contribution in [0.2, 0.25) is 0 Å². The maximum absolute atomic E-state index is 2.42. The Morgan fingerprint density at radius 2 is 1.77 bits per heavy atom. The molecule has 0 spiro atoms. The summed E-state index contributed by atoms with van der Waals surface area (Å²) in [7, 11) is 0. The second-order valence-electron chi connectivity index (χ2n) is 7.08. The quantitative estimate of drug-likeness (QED) is 0.539. The predicted octanol–water partition coefficient (Wildman–Crippen LogP) is 7.13. The Balaban J connectivity index is 1.89. The molecule has 0 bridgehead atoms. The van der Waals surface area contributed by atoms with Gasteiger partial charge in [-0.2, -0.15) is 0 Å². The lowest BCUT2D eigenvalue weighted by Crippen LogP contribution is -2.22. The lowest BCUT2D eigenvalue weighted by molar-refractivity contribution is 0.731. The SMILES string of the molecule is C/C=C(\CC(C)c1ccc(C)cc1)N(C1=CCCC=C1)c1ccccc1. The van der Waals surface area contributed by atoms with Crippen LogP contribution in [0.1, 0.15) is 50.2 Å². The van der Waals surface area contributed by atoms with Gasteiger partial charge in [-0.05, 0) is 62.8 Å². The monoisotopic (exact) mass is 343 g/mol. The third-order valence-corrected chi connectivity index (χ3v) is 5.03. The van der Waals surface area contributed by atoms with Gasteiger partial charge in [0.2, 0.25) is 0 Å². The fourth-order valence-electron chi connectivity index (χ4n) is 3.49. The van der Waals surface area contributed by atoms with Crippen LogP contribution >= 0.6 is 0 Å². The highest BCUT2D eigenvalue weighted by molar-refractivity contribution is 5.61. The van der Waals surface area contributed by atoms with Crippen molar-refractivity contribution < 1.29 is 0 Å². The molecule has 0 saturated carbocycles. The zero-order chi connectivity index (χ0) is 18.4. The van der Waals surface area contributed by atoms with Crippen LogP contribution in [0.25, 0.3) is 0 Å². The minimum absolute atomic E-state index is 0.473. The molecule has 1 aliphatic carbocycles. The van der Waals surface area contributed by atoms with E-state index in [-0.39, 0.29) is 0 Å². The van der Waals surface area contributed by atoms with Gasteiger partial charge in [0.05, 0.1) is 0 Å². The Hall–Kier alpha value is -2.54. The molecule has 0 heterocycles. The van der Waals surface area contributed by atoms with Gasteiger partial charge in [-0.3, -0.25) is 0 Å². The molecule has 0 aliphatic heterocycles. The molecule has 3 rings (SSSR count). The molecule has 26 heavy (non-hydrogen) atoms. The number of allylic oxidation sites excluding steroid dienone is 5. The molecule has 0 aromatic heterocycles. The third kappa shape index (κ3) is 4.35. The molecule has 0 fully saturated rings. The minimum atomic E-state index is 0.473. The van der Waals surface area contributed by atoms with Crippen molar-refractivity contribution in [1.82, 2.24) is 0 Å². The lowest BCUT2D eigenvalue weighted by atomic mass is 9.94. The summed E-state index contributed by atoms with van der Waals surface area (Å²) in [6.45, 7) is 6.62. The number of hydrogen-bond donors (Lipinski definition) is 0. The summed E-state index contributed by atoms with van der Waals surface area (Å²) in [5.41, 5.74) is 6.58. The van der Waals surface area contributed by atoms with Crippen molar-refractivity contribution in [3.8, 4) is 0 Å². The molecule has 1 nitrogen and oxygen atoms in total. The first-order valence-electron chi connectivity index (χ1n) is 9.62. The van der Waals surface area contributed by atoms with Crippen molar-refractivity contribution in [2.75, 3.05) is 4.90 Å². The van der Waals surface area contributed by atoms with Gasteiger partial charge in [0, 0.05) is 17.1 Å². The summed E-state index contributed by atoms with van der Waals surface area (Å²) in [5.74, 6) is 0.473. The van der Waals surface area contributed by atoms with E-state index in [0.717, 1.165) is 19.3 Å². The Morgan fingerprint density at radius 1 is 1.04 bits per heavy atom. The second-order valence-corrected chi connectivity index (χ2v) is 7.08. The van der Waals surface area contributed by atoms with Crippen molar-refractivity contribution in [1.29, 1.82) is 0 Å². The maximum Gasteiger partial charge on any atom is 0.0458 e. The van der Waals surface area contributed by atoms with Crippen LogP contribution in [0.5, 0.6) is 0 Å². The van der Waals surface area contributed by atoms with Crippen molar-refractivity contribution >= 4 is 5.69 Å². The number of aryl methyl sites for hydroxylation is 1. The van der Waals surface area contributed by atoms with Crippen LogP contribution in [-0.2, 0) is 0 Å². The van der Waals surface area contributed by atoms with Gasteiger partial charge in [-0.25, -0.2) is 0 Å². The Morgan fingerprint density at radius 3 is 2.38 bits per heavy atom. The van der Waals surface area contributed by atoms with Crippen molar-refractivity contribution in [3.63, 3.8) is 0 Å². The Bertz CT molecular complexity index is 794. The number of rotatable bonds is 6. The molecule has 0 amide bonds. The Kier molecular flexibility index (Phi) is 6.12. The molecule has 1 aliphatic rings. The van der Waals surface area contributed by atoms with Gasteiger partial charge in [0.25, 0.3) is 0 Å². The van der Waals surface area contributed by atoms with Crippen LogP contribution in [0.15, 0.2) is 90.3 Å². The normalized spacial score (nSPS) is 15.5. The van der Waals surface area contributed by atoms with Crippen LogP contribution in [0.4, 0.5) is 5.69 Å². The van der Waals surface area contributed by atoms with E-state index in [2.05, 4.69) is 105 Å². The standard InChI is InChI=1S/C25H29N/c1-4-23(19-21(3)22-17-15-20(2)16-18-22)26(24-11-7-5-8-12-24)25-13-9-6-10-14-25/h4-5,7-9,11-18,21H,6,10,19H2,1-3H3/b23-4+. The first kappa shape index (κ1) is 18.3. The molecule has 134 valence electrons. The van der Waals surface area contributed by atoms with Gasteiger partial charge in [0.15, 0.2) is 0 Å². The number of hydrogen-bond acceptors (Lipinski definition) is 1. The molecule has 0 saturated heterocycles. The first-order chi connectivity index (χ1) is 12.7.